The number of benzene rings is 2. The first-order valence-electron chi connectivity index (χ1n) is 7.52. The molecule has 0 saturated carbocycles. The predicted molar refractivity (Wildman–Crippen MR) is 88.1 cm³/mol. The van der Waals surface area contributed by atoms with E-state index < -0.39 is 0 Å². The van der Waals surface area contributed by atoms with Crippen molar-refractivity contribution >= 4 is 0 Å². The van der Waals surface area contributed by atoms with Gasteiger partial charge in [0.05, 0.1) is 0 Å². The number of rotatable bonds is 5. The average Bonchev–Trinajstić information content (AvgIpc) is 2.44. The van der Waals surface area contributed by atoms with E-state index in [4.69, 9.17) is 0 Å². The molecular formula is C19H25N. The van der Waals surface area contributed by atoms with E-state index >= 15 is 0 Å². The highest BCUT2D eigenvalue weighted by molar-refractivity contribution is 5.66. The van der Waals surface area contributed by atoms with Crippen LogP contribution >= 0.6 is 0 Å². The molecule has 0 radical (unpaired) electrons. The van der Waals surface area contributed by atoms with Gasteiger partial charge in [0.2, 0.25) is 0 Å². The third kappa shape index (κ3) is 3.71. The number of nitrogens with one attached hydrogen (secondary N) is 1. The second kappa shape index (κ2) is 6.71. The molecule has 1 N–H and O–H groups in total. The molecule has 1 heteroatoms. The van der Waals surface area contributed by atoms with Crippen molar-refractivity contribution in [1.82, 2.24) is 5.32 Å². The molecule has 2 aromatic rings. The Labute approximate surface area is 123 Å². The number of hydrogen-bond acceptors (Lipinski definition) is 1. The van der Waals surface area contributed by atoms with Gasteiger partial charge in [-0.25, -0.2) is 0 Å². The maximum absolute atomic E-state index is 3.55. The fraction of sp³-hybridized carbons (Fsp3) is 0.368. The molecule has 1 unspecified atom stereocenters. The minimum Gasteiger partial charge on any atom is -0.310 e. The topological polar surface area (TPSA) is 12.0 Å². The highest BCUT2D eigenvalue weighted by Gasteiger charge is 2.06. The Morgan fingerprint density at radius 2 is 1.65 bits per heavy atom. The Morgan fingerprint density at radius 3 is 2.30 bits per heavy atom. The van der Waals surface area contributed by atoms with Crippen molar-refractivity contribution in [1.29, 1.82) is 0 Å². The van der Waals surface area contributed by atoms with Crippen LogP contribution in [0.15, 0.2) is 42.5 Å². The van der Waals surface area contributed by atoms with Crippen molar-refractivity contribution in [2.45, 2.75) is 40.2 Å². The van der Waals surface area contributed by atoms with Crippen molar-refractivity contribution < 1.29 is 0 Å². The maximum atomic E-state index is 3.55. The minimum atomic E-state index is 0.404. The summed E-state index contributed by atoms with van der Waals surface area (Å²) < 4.78 is 0. The van der Waals surface area contributed by atoms with Crippen LogP contribution in [0, 0.1) is 13.8 Å². The SMILES string of the molecule is CCCNC(C)c1cccc(-c2cc(C)cc(C)c2)c1. The smallest absolute Gasteiger partial charge is 0.0292 e. The Balaban J connectivity index is 2.29. The summed E-state index contributed by atoms with van der Waals surface area (Å²) in [4.78, 5) is 0. The molecule has 0 aliphatic rings. The van der Waals surface area contributed by atoms with Crippen LogP contribution in [0.4, 0.5) is 0 Å². The van der Waals surface area contributed by atoms with Crippen LogP contribution in [0.1, 0.15) is 43.0 Å². The molecule has 0 aliphatic heterocycles. The second-order valence-electron chi connectivity index (χ2n) is 5.68. The molecule has 20 heavy (non-hydrogen) atoms. The summed E-state index contributed by atoms with van der Waals surface area (Å²) in [7, 11) is 0. The average molecular weight is 267 g/mol. The van der Waals surface area contributed by atoms with E-state index in [1.807, 2.05) is 0 Å². The Kier molecular flexibility index (Phi) is 4.97. The minimum absolute atomic E-state index is 0.404. The van der Waals surface area contributed by atoms with E-state index in [-0.39, 0.29) is 0 Å². The molecule has 0 saturated heterocycles. The Hall–Kier alpha value is -1.60. The molecule has 2 rings (SSSR count). The molecule has 0 aliphatic carbocycles. The van der Waals surface area contributed by atoms with Gasteiger partial charge in [0.1, 0.15) is 0 Å². The first kappa shape index (κ1) is 14.8. The lowest BCUT2D eigenvalue weighted by Gasteiger charge is -2.15. The molecule has 1 atom stereocenters. The molecular weight excluding hydrogens is 242 g/mol. The number of aryl methyl sites for hydroxylation is 2. The third-order valence-electron chi connectivity index (χ3n) is 3.64. The van der Waals surface area contributed by atoms with Crippen LogP contribution in [0.3, 0.4) is 0 Å². The third-order valence-corrected chi connectivity index (χ3v) is 3.64. The summed E-state index contributed by atoms with van der Waals surface area (Å²) in [5.41, 5.74) is 6.62. The predicted octanol–water partition coefficient (Wildman–Crippen LogP) is 5.03. The van der Waals surface area contributed by atoms with Crippen LogP contribution in [0.25, 0.3) is 11.1 Å². The maximum Gasteiger partial charge on any atom is 0.0292 e. The van der Waals surface area contributed by atoms with E-state index in [0.29, 0.717) is 6.04 Å². The lowest BCUT2D eigenvalue weighted by molar-refractivity contribution is 0.571. The first-order valence-corrected chi connectivity index (χ1v) is 7.52. The van der Waals surface area contributed by atoms with E-state index in [0.717, 1.165) is 6.54 Å². The summed E-state index contributed by atoms with van der Waals surface area (Å²) in [5.74, 6) is 0. The standard InChI is InChI=1S/C19H25N/c1-5-9-20-16(4)17-7-6-8-18(13-17)19-11-14(2)10-15(3)12-19/h6-8,10-13,16,20H,5,9H2,1-4H3. The van der Waals surface area contributed by atoms with Gasteiger partial charge in [-0.15, -0.1) is 0 Å². The quantitative estimate of drug-likeness (QED) is 0.801. The van der Waals surface area contributed by atoms with Gasteiger partial charge < -0.3 is 5.32 Å². The van der Waals surface area contributed by atoms with Crippen molar-refractivity contribution in [2.75, 3.05) is 6.54 Å². The summed E-state index contributed by atoms with van der Waals surface area (Å²) in [5, 5.41) is 3.55. The summed E-state index contributed by atoms with van der Waals surface area (Å²) in [6.45, 7) is 9.81. The Bertz CT molecular complexity index is 551. The zero-order chi connectivity index (χ0) is 14.5. The van der Waals surface area contributed by atoms with Gasteiger partial charge in [-0.3, -0.25) is 0 Å². The van der Waals surface area contributed by atoms with Gasteiger partial charge in [0.25, 0.3) is 0 Å². The van der Waals surface area contributed by atoms with Gasteiger partial charge in [0.15, 0.2) is 0 Å². The highest BCUT2D eigenvalue weighted by Crippen LogP contribution is 2.25. The molecule has 0 spiro atoms. The van der Waals surface area contributed by atoms with Gasteiger partial charge in [-0.05, 0) is 56.5 Å². The van der Waals surface area contributed by atoms with Crippen molar-refractivity contribution in [2.24, 2.45) is 0 Å². The fourth-order valence-corrected chi connectivity index (χ4v) is 2.61. The van der Waals surface area contributed by atoms with Crippen molar-refractivity contribution in [3.63, 3.8) is 0 Å². The molecule has 0 amide bonds. The van der Waals surface area contributed by atoms with Crippen LogP contribution in [-0.4, -0.2) is 6.54 Å². The van der Waals surface area contributed by atoms with E-state index in [1.165, 1.54) is 34.2 Å². The summed E-state index contributed by atoms with van der Waals surface area (Å²) >= 11 is 0. The highest BCUT2D eigenvalue weighted by atomic mass is 14.9. The van der Waals surface area contributed by atoms with E-state index in [9.17, 15) is 0 Å². The molecule has 0 aromatic heterocycles. The molecule has 0 fully saturated rings. The van der Waals surface area contributed by atoms with Gasteiger partial charge >= 0.3 is 0 Å². The lowest BCUT2D eigenvalue weighted by Crippen LogP contribution is -2.19. The van der Waals surface area contributed by atoms with E-state index in [1.54, 1.807) is 0 Å². The summed E-state index contributed by atoms with van der Waals surface area (Å²) in [6.07, 6.45) is 1.17. The van der Waals surface area contributed by atoms with Crippen molar-refractivity contribution in [3.8, 4) is 11.1 Å². The van der Waals surface area contributed by atoms with Gasteiger partial charge in [0, 0.05) is 6.04 Å². The van der Waals surface area contributed by atoms with Gasteiger partial charge in [-0.1, -0.05) is 54.4 Å². The molecule has 0 heterocycles. The molecule has 1 nitrogen and oxygen atoms in total. The largest absolute Gasteiger partial charge is 0.310 e. The Morgan fingerprint density at radius 1 is 0.950 bits per heavy atom. The van der Waals surface area contributed by atoms with Crippen molar-refractivity contribution in [3.05, 3.63) is 59.2 Å². The molecule has 2 aromatic carbocycles. The molecule has 106 valence electrons. The first-order chi connectivity index (χ1) is 9.60. The zero-order valence-corrected chi connectivity index (χ0v) is 13.0. The number of hydrogen-bond donors (Lipinski definition) is 1. The van der Waals surface area contributed by atoms with Crippen LogP contribution in [-0.2, 0) is 0 Å². The summed E-state index contributed by atoms with van der Waals surface area (Å²) in [6, 6.07) is 16.0. The van der Waals surface area contributed by atoms with Crippen LogP contribution in [0.2, 0.25) is 0 Å². The zero-order valence-electron chi connectivity index (χ0n) is 13.0. The fourth-order valence-electron chi connectivity index (χ4n) is 2.61. The monoisotopic (exact) mass is 267 g/mol. The van der Waals surface area contributed by atoms with Crippen LogP contribution in [0.5, 0.6) is 0 Å². The van der Waals surface area contributed by atoms with Crippen LogP contribution < -0.4 is 5.32 Å². The second-order valence-corrected chi connectivity index (χ2v) is 5.68. The van der Waals surface area contributed by atoms with E-state index in [2.05, 4.69) is 75.5 Å². The molecule has 0 bridgehead atoms. The lowest BCUT2D eigenvalue weighted by atomic mass is 9.97. The normalized spacial score (nSPS) is 12.4. The van der Waals surface area contributed by atoms with Gasteiger partial charge in [-0.2, -0.15) is 0 Å².